The zero-order valence-corrected chi connectivity index (χ0v) is 19.2. The van der Waals surface area contributed by atoms with Crippen molar-refractivity contribution in [3.8, 4) is 11.8 Å². The van der Waals surface area contributed by atoms with Crippen LogP contribution in [0, 0.1) is 11.3 Å². The number of pyridine rings is 1. The fraction of sp³-hybridized carbons (Fsp3) is 0.375. The van der Waals surface area contributed by atoms with Crippen molar-refractivity contribution in [3.63, 3.8) is 0 Å². The standard InChI is InChI=1S/C24H21F3N6O3/c1-32-19-8-5-16(14-28)29-20(19)21(30-22(32)34)33-11-2-9-23(10-12-33)13-18(31-36-23)15-3-6-17(7-4-15)35-24(25,26)27/h3-8H,2,9-13H2,1H3. The van der Waals surface area contributed by atoms with Gasteiger partial charge >= 0.3 is 12.1 Å². The third kappa shape index (κ3) is 4.56. The maximum atomic E-state index is 12.5. The van der Waals surface area contributed by atoms with Crippen LogP contribution in [0.15, 0.2) is 46.3 Å². The number of alkyl halides is 3. The monoisotopic (exact) mass is 498 g/mol. The molecule has 0 bridgehead atoms. The minimum atomic E-state index is -4.75. The van der Waals surface area contributed by atoms with Gasteiger partial charge in [-0.05, 0) is 54.8 Å². The Morgan fingerprint density at radius 2 is 1.89 bits per heavy atom. The van der Waals surface area contributed by atoms with Crippen LogP contribution in [0.3, 0.4) is 0 Å². The Morgan fingerprint density at radius 3 is 2.61 bits per heavy atom. The van der Waals surface area contributed by atoms with Gasteiger partial charge in [0.25, 0.3) is 0 Å². The van der Waals surface area contributed by atoms with E-state index in [1.807, 2.05) is 11.0 Å². The summed E-state index contributed by atoms with van der Waals surface area (Å²) >= 11 is 0. The number of nitrogens with zero attached hydrogens (tertiary/aromatic N) is 6. The molecule has 2 aliphatic heterocycles. The highest BCUT2D eigenvalue weighted by molar-refractivity contribution is 6.01. The van der Waals surface area contributed by atoms with Gasteiger partial charge in [0.15, 0.2) is 5.82 Å². The van der Waals surface area contributed by atoms with E-state index < -0.39 is 17.7 Å². The molecule has 2 aliphatic rings. The molecule has 1 fully saturated rings. The molecule has 12 heteroatoms. The van der Waals surface area contributed by atoms with Crippen LogP contribution in [0.1, 0.15) is 36.9 Å². The first-order valence-corrected chi connectivity index (χ1v) is 11.3. The van der Waals surface area contributed by atoms with Gasteiger partial charge in [-0.25, -0.2) is 9.78 Å². The molecule has 1 unspecified atom stereocenters. The Morgan fingerprint density at radius 1 is 1.11 bits per heavy atom. The molecule has 0 amide bonds. The topological polar surface area (TPSA) is 106 Å². The van der Waals surface area contributed by atoms with Gasteiger partial charge < -0.3 is 14.5 Å². The van der Waals surface area contributed by atoms with Crippen LogP contribution in [0.25, 0.3) is 11.0 Å². The third-order valence-corrected chi connectivity index (χ3v) is 6.51. The molecule has 186 valence electrons. The molecule has 4 heterocycles. The molecule has 1 aromatic carbocycles. The Hall–Kier alpha value is -4.14. The number of rotatable bonds is 3. The van der Waals surface area contributed by atoms with E-state index in [0.29, 0.717) is 60.5 Å². The van der Waals surface area contributed by atoms with Crippen molar-refractivity contribution in [1.82, 2.24) is 14.5 Å². The van der Waals surface area contributed by atoms with Gasteiger partial charge in [0.2, 0.25) is 0 Å². The van der Waals surface area contributed by atoms with E-state index in [1.165, 1.54) is 28.8 Å². The summed E-state index contributed by atoms with van der Waals surface area (Å²) in [6, 6.07) is 10.8. The molecular formula is C24H21F3N6O3. The number of hydrogen-bond acceptors (Lipinski definition) is 8. The zero-order chi connectivity index (χ0) is 25.5. The lowest BCUT2D eigenvalue weighted by atomic mass is 9.88. The first-order chi connectivity index (χ1) is 17.2. The van der Waals surface area contributed by atoms with Crippen molar-refractivity contribution in [2.24, 2.45) is 12.2 Å². The Kier molecular flexibility index (Phi) is 5.78. The van der Waals surface area contributed by atoms with Gasteiger partial charge in [-0.2, -0.15) is 10.2 Å². The Bertz CT molecular complexity index is 1440. The second-order valence-electron chi connectivity index (χ2n) is 8.85. The van der Waals surface area contributed by atoms with Gasteiger partial charge in [0, 0.05) is 33.0 Å². The lowest BCUT2D eigenvalue weighted by Gasteiger charge is -2.26. The SMILES string of the molecule is Cn1c(=O)nc(N2CCCC3(CC2)CC(c2ccc(OC(F)(F)F)cc2)=NO3)c2nc(C#N)ccc21. The van der Waals surface area contributed by atoms with E-state index in [-0.39, 0.29) is 11.4 Å². The number of nitriles is 1. The molecule has 1 spiro atoms. The van der Waals surface area contributed by atoms with Crippen molar-refractivity contribution < 1.29 is 22.7 Å². The van der Waals surface area contributed by atoms with Crippen LogP contribution in [0.5, 0.6) is 5.75 Å². The van der Waals surface area contributed by atoms with E-state index in [4.69, 9.17) is 4.84 Å². The maximum absolute atomic E-state index is 12.5. The molecule has 0 aliphatic carbocycles. The smallest absolute Gasteiger partial charge is 0.406 e. The summed E-state index contributed by atoms with van der Waals surface area (Å²) in [5.41, 5.74) is 1.64. The number of halogens is 3. The summed E-state index contributed by atoms with van der Waals surface area (Å²) in [5.74, 6) is 0.133. The van der Waals surface area contributed by atoms with Crippen LogP contribution in [0.4, 0.5) is 19.0 Å². The number of benzene rings is 1. The van der Waals surface area contributed by atoms with Gasteiger partial charge in [0.1, 0.15) is 28.6 Å². The summed E-state index contributed by atoms with van der Waals surface area (Å²) in [5, 5.41) is 13.5. The van der Waals surface area contributed by atoms with Crippen LogP contribution in [-0.2, 0) is 11.9 Å². The van der Waals surface area contributed by atoms with Crippen LogP contribution in [0.2, 0.25) is 0 Å². The van der Waals surface area contributed by atoms with Crippen molar-refractivity contribution in [2.45, 2.75) is 37.6 Å². The molecule has 3 aromatic rings. The summed E-state index contributed by atoms with van der Waals surface area (Å²) in [6.07, 6.45) is -2.23. The molecule has 0 N–H and O–H groups in total. The highest BCUT2D eigenvalue weighted by atomic mass is 19.4. The molecule has 0 radical (unpaired) electrons. The largest absolute Gasteiger partial charge is 0.573 e. The maximum Gasteiger partial charge on any atom is 0.573 e. The summed E-state index contributed by atoms with van der Waals surface area (Å²) in [6.45, 7) is 1.13. The van der Waals surface area contributed by atoms with Crippen molar-refractivity contribution in [2.75, 3.05) is 18.0 Å². The van der Waals surface area contributed by atoms with Crippen molar-refractivity contribution in [3.05, 3.63) is 58.1 Å². The molecule has 1 atom stereocenters. The van der Waals surface area contributed by atoms with Gasteiger partial charge in [-0.1, -0.05) is 5.16 Å². The molecule has 1 saturated heterocycles. The predicted molar refractivity (Wildman–Crippen MR) is 124 cm³/mol. The van der Waals surface area contributed by atoms with Gasteiger partial charge in [-0.3, -0.25) is 4.57 Å². The second-order valence-corrected chi connectivity index (χ2v) is 8.85. The Balaban J connectivity index is 1.34. The van der Waals surface area contributed by atoms with Gasteiger partial charge in [-0.15, -0.1) is 13.2 Å². The van der Waals surface area contributed by atoms with E-state index in [2.05, 4.69) is 19.9 Å². The molecule has 2 aromatic heterocycles. The third-order valence-electron chi connectivity index (χ3n) is 6.51. The average Bonchev–Trinajstić information content (AvgIpc) is 3.15. The highest BCUT2D eigenvalue weighted by Crippen LogP contribution is 2.37. The zero-order valence-electron chi connectivity index (χ0n) is 19.2. The minimum absolute atomic E-state index is 0.235. The minimum Gasteiger partial charge on any atom is -0.406 e. The number of aryl methyl sites for hydroxylation is 1. The van der Waals surface area contributed by atoms with Crippen molar-refractivity contribution in [1.29, 1.82) is 5.26 Å². The van der Waals surface area contributed by atoms with E-state index in [9.17, 15) is 23.2 Å². The van der Waals surface area contributed by atoms with Gasteiger partial charge in [0.05, 0.1) is 11.2 Å². The summed E-state index contributed by atoms with van der Waals surface area (Å²) in [7, 11) is 1.61. The van der Waals surface area contributed by atoms with Crippen LogP contribution >= 0.6 is 0 Å². The van der Waals surface area contributed by atoms with Crippen LogP contribution in [-0.4, -0.2) is 45.3 Å². The number of oxime groups is 1. The van der Waals surface area contributed by atoms with Crippen LogP contribution < -0.4 is 15.3 Å². The fourth-order valence-electron chi connectivity index (χ4n) is 4.66. The number of aromatic nitrogens is 3. The quantitative estimate of drug-likeness (QED) is 0.543. The number of ether oxygens (including phenoxy) is 1. The molecular weight excluding hydrogens is 477 g/mol. The van der Waals surface area contributed by atoms with E-state index >= 15 is 0 Å². The second kappa shape index (κ2) is 8.82. The lowest BCUT2D eigenvalue weighted by molar-refractivity contribution is -0.274. The fourth-order valence-corrected chi connectivity index (χ4v) is 4.66. The molecule has 9 nitrogen and oxygen atoms in total. The molecule has 5 rings (SSSR count). The van der Waals surface area contributed by atoms with E-state index in [1.54, 1.807) is 19.2 Å². The summed E-state index contributed by atoms with van der Waals surface area (Å²) < 4.78 is 42.6. The molecule has 0 saturated carbocycles. The highest BCUT2D eigenvalue weighted by Gasteiger charge is 2.41. The number of fused-ring (bicyclic) bond motifs is 1. The lowest BCUT2D eigenvalue weighted by Crippen LogP contribution is -2.33. The first-order valence-electron chi connectivity index (χ1n) is 11.3. The average molecular weight is 498 g/mol. The predicted octanol–water partition coefficient (Wildman–Crippen LogP) is 3.65. The van der Waals surface area contributed by atoms with E-state index in [0.717, 1.165) is 6.42 Å². The Labute approximate surface area is 203 Å². The molecule has 36 heavy (non-hydrogen) atoms. The van der Waals surface area contributed by atoms with Crippen molar-refractivity contribution >= 4 is 22.6 Å². The normalized spacial score (nSPS) is 20.1. The number of anilines is 1. The number of hydrogen-bond donors (Lipinski definition) is 0. The first kappa shape index (κ1) is 23.6. The summed E-state index contributed by atoms with van der Waals surface area (Å²) in [4.78, 5) is 29.0.